The van der Waals surface area contributed by atoms with Gasteiger partial charge in [0.15, 0.2) is 0 Å². The summed E-state index contributed by atoms with van der Waals surface area (Å²) in [6, 6.07) is 0.225. The lowest BCUT2D eigenvalue weighted by molar-refractivity contribution is -0.133. The lowest BCUT2D eigenvalue weighted by atomic mass is 10.2. The van der Waals surface area contributed by atoms with Gasteiger partial charge in [0.2, 0.25) is 5.91 Å². The molecule has 0 bridgehead atoms. The minimum Gasteiger partial charge on any atom is -0.375 e. The molecule has 1 unspecified atom stereocenters. The Kier molecular flexibility index (Phi) is 5.62. The second kappa shape index (κ2) is 6.75. The topological polar surface area (TPSA) is 41.6 Å². The highest BCUT2D eigenvalue weighted by Crippen LogP contribution is 2.07. The number of nitrogens with one attached hydrogen (secondary N) is 1. The Morgan fingerprint density at radius 2 is 2.38 bits per heavy atom. The molecule has 1 atom stereocenters. The van der Waals surface area contributed by atoms with Crippen molar-refractivity contribution in [2.24, 2.45) is 0 Å². The van der Waals surface area contributed by atoms with Crippen LogP contribution in [0.1, 0.15) is 12.8 Å². The van der Waals surface area contributed by atoms with Crippen LogP contribution in [-0.4, -0.2) is 56.6 Å². The van der Waals surface area contributed by atoms with Crippen molar-refractivity contribution in [1.29, 1.82) is 0 Å². The molecule has 1 rings (SSSR count). The fourth-order valence-electron chi connectivity index (χ4n) is 1.68. The Hall–Kier alpha value is -0.750. The van der Waals surface area contributed by atoms with E-state index in [1.54, 1.807) is 11.9 Å². The number of hydrogen-bond acceptors (Lipinski definition) is 3. The predicted octanol–water partition coefficient (Wildman–Crippen LogP) is 0.478. The summed E-state index contributed by atoms with van der Waals surface area (Å²) >= 11 is 0. The van der Waals surface area contributed by atoms with E-state index in [9.17, 15) is 13.6 Å². The molecule has 0 radical (unpaired) electrons. The van der Waals surface area contributed by atoms with Gasteiger partial charge in [-0.15, -0.1) is 0 Å². The maximum Gasteiger partial charge on any atom is 0.261 e. The number of halogens is 2. The molecule has 1 fully saturated rings. The van der Waals surface area contributed by atoms with Crippen LogP contribution >= 0.6 is 0 Å². The highest BCUT2D eigenvalue weighted by Gasteiger charge is 2.22. The first kappa shape index (κ1) is 13.3. The molecule has 0 aromatic heterocycles. The summed E-state index contributed by atoms with van der Waals surface area (Å²) in [6.07, 6.45) is -1.35. The molecule has 16 heavy (non-hydrogen) atoms. The van der Waals surface area contributed by atoms with Gasteiger partial charge in [-0.1, -0.05) is 0 Å². The average molecular weight is 236 g/mol. The van der Waals surface area contributed by atoms with E-state index in [1.165, 1.54) is 0 Å². The van der Waals surface area contributed by atoms with Crippen molar-refractivity contribution in [2.75, 3.05) is 33.4 Å². The number of alkyl halides is 2. The Morgan fingerprint density at radius 1 is 1.62 bits per heavy atom. The summed E-state index contributed by atoms with van der Waals surface area (Å²) in [5.41, 5.74) is 0. The van der Waals surface area contributed by atoms with Gasteiger partial charge < -0.3 is 15.0 Å². The van der Waals surface area contributed by atoms with E-state index in [-0.39, 0.29) is 25.0 Å². The highest BCUT2D eigenvalue weighted by molar-refractivity contribution is 5.76. The molecule has 0 saturated carbocycles. The van der Waals surface area contributed by atoms with Gasteiger partial charge in [-0.25, -0.2) is 8.78 Å². The molecule has 1 aliphatic heterocycles. The molecule has 94 valence electrons. The van der Waals surface area contributed by atoms with Crippen molar-refractivity contribution in [1.82, 2.24) is 10.2 Å². The van der Waals surface area contributed by atoms with E-state index < -0.39 is 13.0 Å². The summed E-state index contributed by atoms with van der Waals surface area (Å²) in [5, 5.41) is 3.17. The van der Waals surface area contributed by atoms with Crippen molar-refractivity contribution >= 4 is 5.91 Å². The summed E-state index contributed by atoms with van der Waals surface area (Å²) in [7, 11) is 1.74. The molecule has 0 aliphatic carbocycles. The normalized spacial score (nSPS) is 20.4. The molecule has 1 amide bonds. The van der Waals surface area contributed by atoms with Gasteiger partial charge in [0.25, 0.3) is 6.43 Å². The van der Waals surface area contributed by atoms with Gasteiger partial charge in [-0.05, 0) is 13.0 Å². The minimum atomic E-state index is -2.47. The first-order valence-corrected chi connectivity index (χ1v) is 5.43. The number of likely N-dealkylation sites (N-methyl/N-ethyl adjacent to an activating group) is 1. The first-order chi connectivity index (χ1) is 7.61. The maximum absolute atomic E-state index is 11.7. The molecule has 1 aliphatic rings. The minimum absolute atomic E-state index is 0.0528. The van der Waals surface area contributed by atoms with Crippen LogP contribution in [0.4, 0.5) is 8.78 Å². The number of nitrogens with zero attached hydrogens (tertiary/aromatic N) is 1. The monoisotopic (exact) mass is 236 g/mol. The third kappa shape index (κ3) is 4.40. The summed E-state index contributed by atoms with van der Waals surface area (Å²) in [6.45, 7) is 1.19. The highest BCUT2D eigenvalue weighted by atomic mass is 19.3. The Labute approximate surface area is 93.9 Å². The van der Waals surface area contributed by atoms with Crippen LogP contribution < -0.4 is 5.32 Å². The van der Waals surface area contributed by atoms with E-state index in [0.717, 1.165) is 19.5 Å². The Morgan fingerprint density at radius 3 is 2.94 bits per heavy atom. The van der Waals surface area contributed by atoms with Crippen LogP contribution in [0.25, 0.3) is 0 Å². The predicted molar refractivity (Wildman–Crippen MR) is 55.5 cm³/mol. The zero-order valence-electron chi connectivity index (χ0n) is 9.42. The fraction of sp³-hybridized carbons (Fsp3) is 0.900. The number of rotatable bonds is 6. The molecule has 6 heteroatoms. The van der Waals surface area contributed by atoms with Gasteiger partial charge in [0.1, 0.15) is 6.61 Å². The lowest BCUT2D eigenvalue weighted by Gasteiger charge is -2.23. The Bertz CT molecular complexity index is 221. The molecule has 0 aromatic rings. The SMILES string of the molecule is CN(C(=O)CCOCC(F)F)C1CCNC1. The van der Waals surface area contributed by atoms with Crippen LogP contribution in [0.15, 0.2) is 0 Å². The smallest absolute Gasteiger partial charge is 0.261 e. The maximum atomic E-state index is 11.7. The summed E-state index contributed by atoms with van der Waals surface area (Å²) < 4.78 is 28.1. The van der Waals surface area contributed by atoms with Crippen molar-refractivity contribution < 1.29 is 18.3 Å². The molecular formula is C10H18F2N2O2. The van der Waals surface area contributed by atoms with Crippen LogP contribution in [0.2, 0.25) is 0 Å². The van der Waals surface area contributed by atoms with Gasteiger partial charge in [0, 0.05) is 19.6 Å². The second-order valence-electron chi connectivity index (χ2n) is 3.87. The first-order valence-electron chi connectivity index (χ1n) is 5.43. The third-order valence-electron chi connectivity index (χ3n) is 2.68. The quantitative estimate of drug-likeness (QED) is 0.682. The number of carbonyl (C=O) groups excluding carboxylic acids is 1. The van der Waals surface area contributed by atoms with E-state index in [1.807, 2.05) is 0 Å². The lowest BCUT2D eigenvalue weighted by Crippen LogP contribution is -2.38. The number of carbonyl (C=O) groups is 1. The van der Waals surface area contributed by atoms with Gasteiger partial charge in [0.05, 0.1) is 13.0 Å². The van der Waals surface area contributed by atoms with E-state index >= 15 is 0 Å². The van der Waals surface area contributed by atoms with E-state index in [2.05, 4.69) is 10.1 Å². The number of amides is 1. The average Bonchev–Trinajstić information content (AvgIpc) is 2.76. The zero-order valence-corrected chi connectivity index (χ0v) is 9.42. The number of ether oxygens (including phenoxy) is 1. The van der Waals surface area contributed by atoms with E-state index in [0.29, 0.717) is 0 Å². The summed E-state index contributed by atoms with van der Waals surface area (Å²) in [4.78, 5) is 13.3. The van der Waals surface area contributed by atoms with E-state index in [4.69, 9.17) is 0 Å². The van der Waals surface area contributed by atoms with Crippen molar-refractivity contribution in [3.05, 3.63) is 0 Å². The van der Waals surface area contributed by atoms with Crippen LogP contribution in [0.3, 0.4) is 0 Å². The van der Waals surface area contributed by atoms with Crippen molar-refractivity contribution in [3.63, 3.8) is 0 Å². The van der Waals surface area contributed by atoms with Gasteiger partial charge >= 0.3 is 0 Å². The molecule has 0 spiro atoms. The zero-order chi connectivity index (χ0) is 12.0. The van der Waals surface area contributed by atoms with Gasteiger partial charge in [-0.2, -0.15) is 0 Å². The van der Waals surface area contributed by atoms with Crippen LogP contribution in [0, 0.1) is 0 Å². The van der Waals surface area contributed by atoms with Crippen molar-refractivity contribution in [3.8, 4) is 0 Å². The number of hydrogen-bond donors (Lipinski definition) is 1. The second-order valence-corrected chi connectivity index (χ2v) is 3.87. The molecule has 1 saturated heterocycles. The molecular weight excluding hydrogens is 218 g/mol. The van der Waals surface area contributed by atoms with Gasteiger partial charge in [-0.3, -0.25) is 4.79 Å². The van der Waals surface area contributed by atoms with Crippen molar-refractivity contribution in [2.45, 2.75) is 25.3 Å². The molecule has 0 aromatic carbocycles. The fourth-order valence-corrected chi connectivity index (χ4v) is 1.68. The molecule has 1 heterocycles. The standard InChI is InChI=1S/C10H18F2N2O2/c1-14(8-2-4-13-6-8)10(15)3-5-16-7-9(11)12/h8-9,13H,2-7H2,1H3. The molecule has 1 N–H and O–H groups in total. The Balaban J connectivity index is 2.13. The largest absolute Gasteiger partial charge is 0.375 e. The van der Waals surface area contributed by atoms with Crippen LogP contribution in [-0.2, 0) is 9.53 Å². The summed E-state index contributed by atoms with van der Waals surface area (Å²) in [5.74, 6) is -0.0528. The third-order valence-corrected chi connectivity index (χ3v) is 2.68. The van der Waals surface area contributed by atoms with Crippen LogP contribution in [0.5, 0.6) is 0 Å². The molecule has 4 nitrogen and oxygen atoms in total.